The van der Waals surface area contributed by atoms with E-state index >= 15 is 0 Å². The lowest BCUT2D eigenvalue weighted by molar-refractivity contribution is -0.419. The molecule has 0 atom stereocenters. The number of ketones is 1. The summed E-state index contributed by atoms with van der Waals surface area (Å²) in [5, 5.41) is 40.4. The van der Waals surface area contributed by atoms with Gasteiger partial charge in [-0.1, -0.05) is 32.0 Å². The van der Waals surface area contributed by atoms with E-state index in [-0.39, 0.29) is 107 Å². The van der Waals surface area contributed by atoms with E-state index in [2.05, 4.69) is 19.9 Å². The molecule has 2 heterocycles. The second kappa shape index (κ2) is 16.1. The van der Waals surface area contributed by atoms with Gasteiger partial charge in [0.25, 0.3) is 5.70 Å². The van der Waals surface area contributed by atoms with Crippen molar-refractivity contribution < 1.29 is 39.4 Å². The van der Waals surface area contributed by atoms with Gasteiger partial charge in [0.15, 0.2) is 5.78 Å². The Kier molecular flexibility index (Phi) is 12.2. The van der Waals surface area contributed by atoms with Crippen LogP contribution in [0.3, 0.4) is 0 Å². The van der Waals surface area contributed by atoms with Crippen molar-refractivity contribution >= 4 is 29.4 Å². The van der Waals surface area contributed by atoms with Crippen molar-refractivity contribution in [3.63, 3.8) is 0 Å². The summed E-state index contributed by atoms with van der Waals surface area (Å²) in [5.41, 5.74) is 2.81. The Morgan fingerprint density at radius 3 is 1.71 bits per heavy atom. The van der Waals surface area contributed by atoms with E-state index in [1.807, 2.05) is 41.1 Å². The molecule has 0 radical (unpaired) electrons. The van der Waals surface area contributed by atoms with Gasteiger partial charge in [-0.3, -0.25) is 48.9 Å². The Labute approximate surface area is 284 Å². The molecule has 4 rings (SSSR count). The third-order valence-electron chi connectivity index (χ3n) is 9.15. The Morgan fingerprint density at radius 2 is 1.27 bits per heavy atom. The minimum absolute atomic E-state index is 0.0156. The molecular formula is C34H44N6O9. The first kappa shape index (κ1) is 37.1. The van der Waals surface area contributed by atoms with Crippen LogP contribution in [0.1, 0.15) is 19.4 Å². The summed E-state index contributed by atoms with van der Waals surface area (Å²) >= 11 is 0. The van der Waals surface area contributed by atoms with E-state index in [1.165, 1.54) is 12.2 Å². The number of carboxylic acids is 3. The minimum atomic E-state index is -1.05. The predicted octanol–water partition coefficient (Wildman–Crippen LogP) is 1.37. The molecule has 1 aromatic carbocycles. The number of carboxylic acid groups (broad SMARTS) is 3. The van der Waals surface area contributed by atoms with Crippen molar-refractivity contribution in [3.8, 4) is 0 Å². The topological polar surface area (TPSA) is 188 Å². The quantitative estimate of drug-likeness (QED) is 0.183. The molecule has 15 nitrogen and oxygen atoms in total. The largest absolute Gasteiger partial charge is 0.480 e. The van der Waals surface area contributed by atoms with Crippen LogP contribution in [0, 0.1) is 10.1 Å². The van der Waals surface area contributed by atoms with Crippen LogP contribution in [0.25, 0.3) is 0 Å². The average Bonchev–Trinajstić information content (AvgIpc) is 3.21. The van der Waals surface area contributed by atoms with Crippen molar-refractivity contribution in [2.45, 2.75) is 19.3 Å². The molecule has 2 aliphatic heterocycles. The maximum absolute atomic E-state index is 13.9. The van der Waals surface area contributed by atoms with Crippen LogP contribution in [-0.4, -0.2) is 149 Å². The average molecular weight is 681 g/mol. The number of aliphatic carboxylic acids is 3. The summed E-state index contributed by atoms with van der Waals surface area (Å²) in [5.74, 6) is -3.52. The van der Waals surface area contributed by atoms with Crippen LogP contribution in [0.2, 0.25) is 0 Å². The van der Waals surface area contributed by atoms with Crippen LogP contribution in [0.15, 0.2) is 71.1 Å². The maximum atomic E-state index is 13.9. The van der Waals surface area contributed by atoms with Crippen molar-refractivity contribution in [2.24, 2.45) is 0 Å². The predicted molar refractivity (Wildman–Crippen MR) is 181 cm³/mol. The molecular weight excluding hydrogens is 636 g/mol. The first-order valence-electron chi connectivity index (χ1n) is 16.1. The highest BCUT2D eigenvalue weighted by molar-refractivity contribution is 6.12. The first-order valence-corrected chi connectivity index (χ1v) is 16.1. The number of rotatable bonds is 10. The molecule has 0 amide bonds. The fourth-order valence-corrected chi connectivity index (χ4v) is 6.54. The number of hydrogen-bond donors (Lipinski definition) is 3. The number of hydrogen-bond acceptors (Lipinski definition) is 11. The number of nitro groups is 1. The molecule has 3 N–H and O–H groups in total. The van der Waals surface area contributed by atoms with Gasteiger partial charge in [-0.05, 0) is 23.8 Å². The number of carbonyl (C=O) groups excluding carboxylic acids is 1. The molecule has 1 aliphatic carbocycles. The monoisotopic (exact) mass is 680 g/mol. The van der Waals surface area contributed by atoms with E-state index in [0.29, 0.717) is 0 Å². The summed E-state index contributed by atoms with van der Waals surface area (Å²) in [6.45, 7) is 5.38. The smallest absolute Gasteiger partial charge is 0.317 e. The van der Waals surface area contributed by atoms with E-state index in [0.717, 1.165) is 16.9 Å². The van der Waals surface area contributed by atoms with Gasteiger partial charge in [-0.25, -0.2) is 0 Å². The number of allylic oxidation sites excluding steroid dienone is 6. The molecule has 0 unspecified atom stereocenters. The van der Waals surface area contributed by atoms with Crippen LogP contribution < -0.4 is 4.90 Å². The zero-order valence-electron chi connectivity index (χ0n) is 28.1. The van der Waals surface area contributed by atoms with Gasteiger partial charge in [0.2, 0.25) is 0 Å². The lowest BCUT2D eigenvalue weighted by Crippen LogP contribution is -2.48. The highest BCUT2D eigenvalue weighted by Crippen LogP contribution is 2.46. The van der Waals surface area contributed by atoms with Crippen LogP contribution >= 0.6 is 0 Å². The van der Waals surface area contributed by atoms with Gasteiger partial charge in [0.05, 0.1) is 24.6 Å². The van der Waals surface area contributed by atoms with Crippen LogP contribution in [0.5, 0.6) is 0 Å². The maximum Gasteiger partial charge on any atom is 0.317 e. The second-order valence-electron chi connectivity index (χ2n) is 13.0. The lowest BCUT2D eigenvalue weighted by atomic mass is 9.83. The number of para-hydroxylation sites is 1. The molecule has 3 aliphatic rings. The van der Waals surface area contributed by atoms with Crippen molar-refractivity contribution in [3.05, 3.63) is 86.8 Å². The van der Waals surface area contributed by atoms with Crippen molar-refractivity contribution in [2.75, 3.05) is 90.5 Å². The molecule has 0 bridgehead atoms. The van der Waals surface area contributed by atoms with Gasteiger partial charge in [-0.15, -0.1) is 0 Å². The molecule has 1 aromatic rings. The normalized spacial score (nSPS) is 21.9. The SMILES string of the molecule is CN1/C(=C/C=C2\C=C([N+](=O)[O-])C=C(CN3CCN(CC(=O)O)CCN(CC(=O)O)CCN(CC(=O)O)CC3)C2=O)C(C)(C)c2ccccc21. The second-order valence-corrected chi connectivity index (χ2v) is 13.0. The molecule has 1 fully saturated rings. The molecule has 1 saturated heterocycles. The first-order chi connectivity index (χ1) is 23.1. The number of Topliss-reactive ketones (excluding diaryl/α,β-unsaturated/α-hetero) is 1. The number of carbonyl (C=O) groups is 4. The summed E-state index contributed by atoms with van der Waals surface area (Å²) in [6.07, 6.45) is 5.96. The number of benzene rings is 1. The third kappa shape index (κ3) is 9.69. The standard InChI is InChI=1S/C34H44N6O9/c1-34(2)27-6-4-5-7-28(27)35(3)29(34)9-8-24-18-26(40(48)49)19-25(33(24)47)20-36-10-12-37(21-30(41)42)14-16-39(23-32(45)46)17-15-38(13-11-36)22-31(43)44/h4-9,18-19H,10-17,20-23H2,1-3H3,(H,41,42)(H,43,44)(H,45,46)/b24-8+,29-9+. The molecule has 49 heavy (non-hydrogen) atoms. The van der Waals surface area contributed by atoms with Crippen molar-refractivity contribution in [1.29, 1.82) is 0 Å². The molecule has 0 aromatic heterocycles. The van der Waals surface area contributed by atoms with Gasteiger partial charge in [0, 0.05) is 106 Å². The van der Waals surface area contributed by atoms with Gasteiger partial charge in [0.1, 0.15) is 0 Å². The van der Waals surface area contributed by atoms with Gasteiger partial charge >= 0.3 is 17.9 Å². The lowest BCUT2D eigenvalue weighted by Gasteiger charge is -2.33. The molecule has 15 heteroatoms. The van der Waals surface area contributed by atoms with E-state index in [4.69, 9.17) is 0 Å². The Bertz CT molecular complexity index is 1570. The van der Waals surface area contributed by atoms with Crippen LogP contribution in [0.4, 0.5) is 5.69 Å². The summed E-state index contributed by atoms with van der Waals surface area (Å²) in [4.78, 5) is 69.0. The summed E-state index contributed by atoms with van der Waals surface area (Å²) < 4.78 is 0. The number of anilines is 1. The van der Waals surface area contributed by atoms with E-state index in [9.17, 15) is 44.6 Å². The van der Waals surface area contributed by atoms with Crippen molar-refractivity contribution in [1.82, 2.24) is 19.6 Å². The van der Waals surface area contributed by atoms with Gasteiger partial charge < -0.3 is 20.2 Å². The number of fused-ring (bicyclic) bond motifs is 1. The number of likely N-dealkylation sites (N-methyl/N-ethyl adjacent to an activating group) is 1. The highest BCUT2D eigenvalue weighted by Gasteiger charge is 2.38. The molecule has 264 valence electrons. The minimum Gasteiger partial charge on any atom is -0.480 e. The summed E-state index contributed by atoms with van der Waals surface area (Å²) in [7, 11) is 1.94. The fraction of sp³-hybridized carbons (Fsp3) is 0.471. The number of nitrogens with zero attached hydrogens (tertiary/aromatic N) is 6. The zero-order valence-corrected chi connectivity index (χ0v) is 28.1. The van der Waals surface area contributed by atoms with Crippen LogP contribution in [-0.2, 0) is 24.6 Å². The van der Waals surface area contributed by atoms with Gasteiger partial charge in [-0.2, -0.15) is 0 Å². The Hall–Kier alpha value is -4.70. The Morgan fingerprint density at radius 1 is 0.796 bits per heavy atom. The Balaban J connectivity index is 1.60. The van der Waals surface area contributed by atoms with E-state index in [1.54, 1.807) is 20.8 Å². The fourth-order valence-electron chi connectivity index (χ4n) is 6.54. The molecule has 0 saturated carbocycles. The zero-order chi connectivity index (χ0) is 35.9. The highest BCUT2D eigenvalue weighted by atomic mass is 16.6. The van der Waals surface area contributed by atoms with E-state index < -0.39 is 22.8 Å². The summed E-state index contributed by atoms with van der Waals surface area (Å²) in [6, 6.07) is 7.99. The molecule has 0 spiro atoms. The third-order valence-corrected chi connectivity index (χ3v) is 9.15.